The SMILES string of the molecule is COc1ccc2cc(C(Br)C(F)F)ccc2c1. The van der Waals surface area contributed by atoms with Crippen LogP contribution in [-0.4, -0.2) is 13.5 Å². The number of ether oxygens (including phenoxy) is 1. The average molecular weight is 301 g/mol. The molecule has 0 bridgehead atoms. The van der Waals surface area contributed by atoms with E-state index in [0.29, 0.717) is 5.56 Å². The van der Waals surface area contributed by atoms with E-state index in [1.807, 2.05) is 24.3 Å². The number of hydrogen-bond donors (Lipinski definition) is 0. The summed E-state index contributed by atoms with van der Waals surface area (Å²) in [6.45, 7) is 0. The van der Waals surface area contributed by atoms with Gasteiger partial charge in [0.25, 0.3) is 6.43 Å². The van der Waals surface area contributed by atoms with Crippen molar-refractivity contribution in [1.82, 2.24) is 0 Å². The zero-order chi connectivity index (χ0) is 12.4. The van der Waals surface area contributed by atoms with Crippen molar-refractivity contribution in [3.8, 4) is 5.75 Å². The molecule has 0 amide bonds. The van der Waals surface area contributed by atoms with Crippen LogP contribution in [0.5, 0.6) is 5.75 Å². The topological polar surface area (TPSA) is 9.23 Å². The van der Waals surface area contributed by atoms with Gasteiger partial charge in [-0.05, 0) is 34.5 Å². The minimum atomic E-state index is -2.41. The predicted molar refractivity (Wildman–Crippen MR) is 68.2 cm³/mol. The molecule has 0 saturated carbocycles. The summed E-state index contributed by atoms with van der Waals surface area (Å²) in [6.07, 6.45) is -2.41. The van der Waals surface area contributed by atoms with Crippen LogP contribution in [0.4, 0.5) is 8.78 Å². The van der Waals surface area contributed by atoms with Crippen LogP contribution in [0, 0.1) is 0 Å². The predicted octanol–water partition coefficient (Wildman–Crippen LogP) is 4.55. The third kappa shape index (κ3) is 2.57. The van der Waals surface area contributed by atoms with Gasteiger partial charge in [0.2, 0.25) is 0 Å². The van der Waals surface area contributed by atoms with E-state index in [1.165, 1.54) is 0 Å². The van der Waals surface area contributed by atoms with E-state index in [9.17, 15) is 8.78 Å². The van der Waals surface area contributed by atoms with Crippen molar-refractivity contribution in [2.45, 2.75) is 11.3 Å². The van der Waals surface area contributed by atoms with Gasteiger partial charge in [0.05, 0.1) is 7.11 Å². The summed E-state index contributed by atoms with van der Waals surface area (Å²) in [5.41, 5.74) is 0.581. The summed E-state index contributed by atoms with van der Waals surface area (Å²) < 4.78 is 30.2. The van der Waals surface area contributed by atoms with Crippen LogP contribution in [0.25, 0.3) is 10.8 Å². The fraction of sp³-hybridized carbons (Fsp3) is 0.231. The summed E-state index contributed by atoms with van der Waals surface area (Å²) in [7, 11) is 1.60. The van der Waals surface area contributed by atoms with Gasteiger partial charge < -0.3 is 4.74 Å². The van der Waals surface area contributed by atoms with Crippen molar-refractivity contribution in [2.75, 3.05) is 7.11 Å². The molecule has 1 atom stereocenters. The van der Waals surface area contributed by atoms with Crippen LogP contribution < -0.4 is 4.74 Å². The summed E-state index contributed by atoms with van der Waals surface area (Å²) in [6, 6.07) is 10.9. The van der Waals surface area contributed by atoms with E-state index in [4.69, 9.17) is 4.74 Å². The first-order valence-electron chi connectivity index (χ1n) is 5.12. The van der Waals surface area contributed by atoms with Crippen molar-refractivity contribution < 1.29 is 13.5 Å². The van der Waals surface area contributed by atoms with Crippen LogP contribution in [-0.2, 0) is 0 Å². The Balaban J connectivity index is 2.44. The fourth-order valence-electron chi connectivity index (χ4n) is 1.69. The first-order chi connectivity index (χ1) is 8.11. The van der Waals surface area contributed by atoms with Gasteiger partial charge in [0, 0.05) is 0 Å². The average Bonchev–Trinajstić information content (AvgIpc) is 2.36. The first kappa shape index (κ1) is 12.3. The lowest BCUT2D eigenvalue weighted by molar-refractivity contribution is 0.147. The molecule has 2 aromatic rings. The minimum absolute atomic E-state index is 0.581. The number of hydrogen-bond acceptors (Lipinski definition) is 1. The number of methoxy groups -OCH3 is 1. The molecule has 0 radical (unpaired) electrons. The Morgan fingerprint density at radius 3 is 2.35 bits per heavy atom. The lowest BCUT2D eigenvalue weighted by Crippen LogP contribution is -2.00. The molecular formula is C13H11BrF2O. The molecule has 0 aromatic heterocycles. The monoisotopic (exact) mass is 300 g/mol. The van der Waals surface area contributed by atoms with Gasteiger partial charge in [-0.25, -0.2) is 8.78 Å². The van der Waals surface area contributed by atoms with Crippen LogP contribution in [0.2, 0.25) is 0 Å². The highest BCUT2D eigenvalue weighted by Gasteiger charge is 2.18. The summed E-state index contributed by atoms with van der Waals surface area (Å²) in [4.78, 5) is -0.922. The molecule has 0 aliphatic carbocycles. The second-order valence-electron chi connectivity index (χ2n) is 3.71. The maximum atomic E-state index is 12.6. The van der Waals surface area contributed by atoms with Gasteiger partial charge in [-0.2, -0.15) is 0 Å². The summed E-state index contributed by atoms with van der Waals surface area (Å²) in [5, 5.41) is 1.90. The van der Waals surface area contributed by atoms with Gasteiger partial charge in [0.1, 0.15) is 10.6 Å². The van der Waals surface area contributed by atoms with E-state index < -0.39 is 11.3 Å². The molecule has 0 aliphatic heterocycles. The highest BCUT2D eigenvalue weighted by Crippen LogP contribution is 2.32. The van der Waals surface area contributed by atoms with Gasteiger partial charge in [-0.15, -0.1) is 0 Å². The van der Waals surface area contributed by atoms with Crippen molar-refractivity contribution in [3.05, 3.63) is 42.0 Å². The number of halogens is 3. The van der Waals surface area contributed by atoms with Gasteiger partial charge in [-0.3, -0.25) is 0 Å². The minimum Gasteiger partial charge on any atom is -0.497 e. The molecule has 2 rings (SSSR count). The second-order valence-corrected chi connectivity index (χ2v) is 4.70. The van der Waals surface area contributed by atoms with Crippen molar-refractivity contribution in [3.63, 3.8) is 0 Å². The molecule has 0 N–H and O–H groups in total. The molecule has 0 aliphatic rings. The molecule has 1 unspecified atom stereocenters. The van der Waals surface area contributed by atoms with Crippen LogP contribution in [0.3, 0.4) is 0 Å². The third-order valence-electron chi connectivity index (χ3n) is 2.61. The maximum Gasteiger partial charge on any atom is 0.255 e. The molecular weight excluding hydrogens is 290 g/mol. The number of rotatable bonds is 3. The number of alkyl halides is 3. The van der Waals surface area contributed by atoms with Gasteiger partial charge >= 0.3 is 0 Å². The Labute approximate surface area is 107 Å². The lowest BCUT2D eigenvalue weighted by atomic mass is 10.0. The standard InChI is InChI=1S/C13H11BrF2O/c1-17-11-5-4-8-6-10(12(14)13(15)16)3-2-9(8)7-11/h2-7,12-13H,1H3. The molecule has 0 fully saturated rings. The molecule has 0 saturated heterocycles. The molecule has 2 aromatic carbocycles. The number of benzene rings is 2. The number of fused-ring (bicyclic) bond motifs is 1. The van der Waals surface area contributed by atoms with E-state index >= 15 is 0 Å². The highest BCUT2D eigenvalue weighted by molar-refractivity contribution is 9.09. The zero-order valence-electron chi connectivity index (χ0n) is 9.16. The third-order valence-corrected chi connectivity index (χ3v) is 3.54. The van der Waals surface area contributed by atoms with Crippen LogP contribution in [0.15, 0.2) is 36.4 Å². The van der Waals surface area contributed by atoms with Gasteiger partial charge in [-0.1, -0.05) is 34.1 Å². The first-order valence-corrected chi connectivity index (χ1v) is 6.03. The van der Waals surface area contributed by atoms with Crippen molar-refractivity contribution in [2.24, 2.45) is 0 Å². The van der Waals surface area contributed by atoms with Gasteiger partial charge in [0.15, 0.2) is 0 Å². The van der Waals surface area contributed by atoms with Crippen LogP contribution >= 0.6 is 15.9 Å². The molecule has 17 heavy (non-hydrogen) atoms. The van der Waals surface area contributed by atoms with E-state index in [1.54, 1.807) is 19.2 Å². The Kier molecular flexibility index (Phi) is 3.62. The van der Waals surface area contributed by atoms with E-state index in [-0.39, 0.29) is 0 Å². The van der Waals surface area contributed by atoms with Crippen LogP contribution in [0.1, 0.15) is 10.4 Å². The molecule has 4 heteroatoms. The summed E-state index contributed by atoms with van der Waals surface area (Å²) >= 11 is 2.99. The Morgan fingerprint density at radius 1 is 1.06 bits per heavy atom. The fourth-order valence-corrected chi connectivity index (χ4v) is 1.97. The molecule has 0 heterocycles. The smallest absolute Gasteiger partial charge is 0.255 e. The van der Waals surface area contributed by atoms with Crippen molar-refractivity contribution in [1.29, 1.82) is 0 Å². The molecule has 1 nitrogen and oxygen atoms in total. The quantitative estimate of drug-likeness (QED) is 0.756. The maximum absolute atomic E-state index is 12.6. The molecule has 0 spiro atoms. The Bertz CT molecular complexity index is 528. The second kappa shape index (κ2) is 5.00. The Hall–Kier alpha value is -1.16. The normalized spacial score (nSPS) is 13.0. The highest BCUT2D eigenvalue weighted by atomic mass is 79.9. The Morgan fingerprint density at radius 2 is 1.71 bits per heavy atom. The molecule has 90 valence electrons. The summed E-state index contributed by atoms with van der Waals surface area (Å²) in [5.74, 6) is 0.759. The zero-order valence-corrected chi connectivity index (χ0v) is 10.7. The van der Waals surface area contributed by atoms with E-state index in [0.717, 1.165) is 16.5 Å². The van der Waals surface area contributed by atoms with E-state index in [2.05, 4.69) is 15.9 Å². The lowest BCUT2D eigenvalue weighted by Gasteiger charge is -2.10. The largest absolute Gasteiger partial charge is 0.497 e. The van der Waals surface area contributed by atoms with Crippen molar-refractivity contribution >= 4 is 26.7 Å².